The van der Waals surface area contributed by atoms with Gasteiger partial charge in [-0.3, -0.25) is 5.10 Å². The van der Waals surface area contributed by atoms with E-state index in [0.717, 1.165) is 17.3 Å². The molecule has 1 heterocycles. The Morgan fingerprint density at radius 3 is 2.63 bits per heavy atom. The molecule has 0 aliphatic heterocycles. The van der Waals surface area contributed by atoms with E-state index >= 15 is 0 Å². The highest BCUT2D eigenvalue weighted by molar-refractivity contribution is 8.04. The molecule has 3 aromatic rings. The van der Waals surface area contributed by atoms with E-state index in [0.29, 0.717) is 33.9 Å². The number of rotatable bonds is 7. The Bertz CT molecular complexity index is 970. The summed E-state index contributed by atoms with van der Waals surface area (Å²) in [7, 11) is 0. The summed E-state index contributed by atoms with van der Waals surface area (Å²) < 4.78 is 5.72. The molecule has 0 spiro atoms. The highest BCUT2D eigenvalue weighted by Gasteiger charge is 2.07. The Labute approximate surface area is 165 Å². The van der Waals surface area contributed by atoms with E-state index in [1.165, 1.54) is 6.08 Å². The van der Waals surface area contributed by atoms with Gasteiger partial charge in [0.25, 0.3) is 0 Å². The quantitative estimate of drug-likeness (QED) is 0.483. The molecule has 0 aliphatic rings. The van der Waals surface area contributed by atoms with Gasteiger partial charge in [-0.25, -0.2) is 4.98 Å². The lowest BCUT2D eigenvalue weighted by Crippen LogP contribution is -2.23. The highest BCUT2D eigenvalue weighted by atomic mass is 35.5. The van der Waals surface area contributed by atoms with Crippen molar-refractivity contribution >= 4 is 35.4 Å². The van der Waals surface area contributed by atoms with Crippen LogP contribution < -0.4 is 9.84 Å². The van der Waals surface area contributed by atoms with Crippen LogP contribution in [0.3, 0.4) is 0 Å². The fraction of sp³-hybridized carbons (Fsp3) is 0.105. The number of carboxylic acid groups (broad SMARTS) is 1. The number of nitrogens with zero attached hydrogens (tertiary/aromatic N) is 2. The van der Waals surface area contributed by atoms with Crippen molar-refractivity contribution in [3.05, 3.63) is 75.4 Å². The molecule has 0 amide bonds. The third-order valence-corrected chi connectivity index (χ3v) is 4.75. The van der Waals surface area contributed by atoms with E-state index in [-0.39, 0.29) is 4.91 Å². The molecule has 1 N–H and O–H groups in total. The van der Waals surface area contributed by atoms with Gasteiger partial charge in [-0.2, -0.15) is 0 Å². The minimum absolute atomic E-state index is 0.0127. The van der Waals surface area contributed by atoms with E-state index in [9.17, 15) is 9.90 Å². The second kappa shape index (κ2) is 8.75. The molecule has 138 valence electrons. The summed E-state index contributed by atoms with van der Waals surface area (Å²) in [5, 5.41) is 18.9. The molecule has 0 saturated heterocycles. The van der Waals surface area contributed by atoms with Gasteiger partial charge in [-0.15, -0.1) is 5.10 Å². The number of aromatic nitrogens is 3. The van der Waals surface area contributed by atoms with E-state index < -0.39 is 5.97 Å². The van der Waals surface area contributed by atoms with Gasteiger partial charge in [0.1, 0.15) is 18.2 Å². The number of aliphatic carboxylic acids is 1. The maximum Gasteiger partial charge on any atom is 0.213 e. The number of hydrogen-bond acceptors (Lipinski definition) is 6. The number of thioether (sulfide) groups is 1. The summed E-state index contributed by atoms with van der Waals surface area (Å²) in [6.45, 7) is 2.08. The van der Waals surface area contributed by atoms with Crippen LogP contribution in [0.5, 0.6) is 5.75 Å². The summed E-state index contributed by atoms with van der Waals surface area (Å²) >= 11 is 7.03. The maximum atomic E-state index is 11.4. The second-order valence-corrected chi connectivity index (χ2v) is 6.97. The zero-order valence-corrected chi connectivity index (χ0v) is 15.9. The fourth-order valence-electron chi connectivity index (χ4n) is 2.18. The maximum absolute atomic E-state index is 11.4. The number of benzene rings is 2. The number of carbonyl (C=O) groups is 1. The SMILES string of the molecule is Cc1nc(S/C(=C/c2ccc(OCc3ccccc3Cl)cc2)C(=O)[O-])n[nH]1. The molecule has 0 atom stereocenters. The number of hydrogen-bond donors (Lipinski definition) is 1. The molecule has 0 aliphatic carbocycles. The normalized spacial score (nSPS) is 11.4. The minimum atomic E-state index is -1.29. The topological polar surface area (TPSA) is 90.9 Å². The number of ether oxygens (including phenoxy) is 1. The van der Waals surface area contributed by atoms with Crippen LogP contribution in [0.2, 0.25) is 5.02 Å². The van der Waals surface area contributed by atoms with Crippen molar-refractivity contribution in [1.29, 1.82) is 0 Å². The van der Waals surface area contributed by atoms with Crippen molar-refractivity contribution in [3.63, 3.8) is 0 Å². The number of carboxylic acids is 1. The standard InChI is InChI=1S/C19H16ClN3O3S/c1-12-21-19(23-22-12)27-17(18(24)25)10-13-6-8-15(9-7-13)26-11-14-4-2-3-5-16(14)20/h2-10H,11H2,1H3,(H,24,25)(H,21,22,23)/p-1/b17-10+. The lowest BCUT2D eigenvalue weighted by molar-refractivity contribution is -0.297. The monoisotopic (exact) mass is 400 g/mol. The number of H-pyrrole nitrogens is 1. The predicted molar refractivity (Wildman–Crippen MR) is 102 cm³/mol. The van der Waals surface area contributed by atoms with Crippen molar-refractivity contribution in [1.82, 2.24) is 15.2 Å². The first kappa shape index (κ1) is 19.0. The van der Waals surface area contributed by atoms with Crippen LogP contribution in [-0.4, -0.2) is 21.2 Å². The van der Waals surface area contributed by atoms with Crippen LogP contribution in [0.1, 0.15) is 17.0 Å². The number of aromatic amines is 1. The Kier molecular flexibility index (Phi) is 6.16. The molecule has 0 unspecified atom stereocenters. The largest absolute Gasteiger partial charge is 0.544 e. The van der Waals surface area contributed by atoms with Gasteiger partial charge in [0.15, 0.2) is 0 Å². The second-order valence-electron chi connectivity index (χ2n) is 5.55. The molecule has 0 radical (unpaired) electrons. The van der Waals surface area contributed by atoms with Crippen molar-refractivity contribution in [3.8, 4) is 5.75 Å². The van der Waals surface area contributed by atoms with Crippen LogP contribution in [0.15, 0.2) is 58.6 Å². The summed E-state index contributed by atoms with van der Waals surface area (Å²) in [5.74, 6) is -0.0315. The first-order valence-electron chi connectivity index (χ1n) is 7.97. The summed E-state index contributed by atoms with van der Waals surface area (Å²) in [5.41, 5.74) is 1.58. The summed E-state index contributed by atoms with van der Waals surface area (Å²) in [6, 6.07) is 14.5. The molecule has 2 aromatic carbocycles. The van der Waals surface area contributed by atoms with Crippen molar-refractivity contribution in [2.45, 2.75) is 18.7 Å². The molecule has 0 saturated carbocycles. The average Bonchev–Trinajstić information content (AvgIpc) is 3.06. The van der Waals surface area contributed by atoms with Crippen molar-refractivity contribution in [2.24, 2.45) is 0 Å². The first-order chi connectivity index (χ1) is 13.0. The van der Waals surface area contributed by atoms with Crippen molar-refractivity contribution in [2.75, 3.05) is 0 Å². The van der Waals surface area contributed by atoms with E-state index in [2.05, 4.69) is 15.2 Å². The smallest absolute Gasteiger partial charge is 0.213 e. The van der Waals surface area contributed by atoms with Gasteiger partial charge in [-0.05, 0) is 48.5 Å². The Morgan fingerprint density at radius 1 is 1.26 bits per heavy atom. The summed E-state index contributed by atoms with van der Waals surface area (Å²) in [6.07, 6.45) is 1.50. The molecular formula is C19H15ClN3O3S-. The van der Waals surface area contributed by atoms with E-state index in [1.807, 2.05) is 24.3 Å². The lowest BCUT2D eigenvalue weighted by Gasteiger charge is -2.09. The van der Waals surface area contributed by atoms with Crippen LogP contribution >= 0.6 is 23.4 Å². The third-order valence-electron chi connectivity index (χ3n) is 3.51. The lowest BCUT2D eigenvalue weighted by atomic mass is 10.2. The Morgan fingerprint density at radius 2 is 2.00 bits per heavy atom. The number of aryl methyl sites for hydroxylation is 1. The van der Waals surface area contributed by atoms with E-state index in [4.69, 9.17) is 16.3 Å². The molecule has 8 heteroatoms. The van der Waals surface area contributed by atoms with Gasteiger partial charge in [0, 0.05) is 15.5 Å². The predicted octanol–water partition coefficient (Wildman–Crippen LogP) is 3.23. The molecule has 0 bridgehead atoms. The molecule has 27 heavy (non-hydrogen) atoms. The molecule has 3 rings (SSSR count). The van der Waals surface area contributed by atoms with E-state index in [1.54, 1.807) is 31.2 Å². The zero-order valence-electron chi connectivity index (χ0n) is 14.3. The van der Waals surface area contributed by atoms with Crippen molar-refractivity contribution < 1.29 is 14.6 Å². The zero-order chi connectivity index (χ0) is 19.2. The average molecular weight is 401 g/mol. The molecule has 6 nitrogen and oxygen atoms in total. The van der Waals surface area contributed by atoms with Gasteiger partial charge in [0.2, 0.25) is 5.16 Å². The third kappa shape index (κ3) is 5.35. The molecule has 1 aromatic heterocycles. The van der Waals surface area contributed by atoms with Gasteiger partial charge < -0.3 is 14.6 Å². The molecule has 0 fully saturated rings. The van der Waals surface area contributed by atoms with Crippen LogP contribution in [0, 0.1) is 6.92 Å². The Balaban J connectivity index is 1.68. The van der Waals surface area contributed by atoms with Gasteiger partial charge in [-0.1, -0.05) is 41.9 Å². The van der Waals surface area contributed by atoms with Gasteiger partial charge >= 0.3 is 0 Å². The summed E-state index contributed by atoms with van der Waals surface area (Å²) in [4.78, 5) is 15.5. The molecular weight excluding hydrogens is 386 g/mol. The van der Waals surface area contributed by atoms with Gasteiger partial charge in [0.05, 0.1) is 5.97 Å². The van der Waals surface area contributed by atoms with Crippen LogP contribution in [-0.2, 0) is 11.4 Å². The first-order valence-corrected chi connectivity index (χ1v) is 9.17. The van der Waals surface area contributed by atoms with Crippen LogP contribution in [0.25, 0.3) is 6.08 Å². The van der Waals surface area contributed by atoms with Crippen LogP contribution in [0.4, 0.5) is 0 Å². The number of nitrogens with one attached hydrogen (secondary N) is 1. The number of halogens is 1. The fourth-order valence-corrected chi connectivity index (χ4v) is 3.12. The Hall–Kier alpha value is -2.77. The number of carbonyl (C=O) groups excluding carboxylic acids is 1. The highest BCUT2D eigenvalue weighted by Crippen LogP contribution is 2.26. The minimum Gasteiger partial charge on any atom is -0.544 e.